The number of hydrogen-bond donors (Lipinski definition) is 0. The summed E-state index contributed by atoms with van der Waals surface area (Å²) in [5.41, 5.74) is 7.42. The molecule has 0 atom stereocenters. The van der Waals surface area contributed by atoms with E-state index in [0.717, 1.165) is 33.3 Å². The Labute approximate surface area is 286 Å². The van der Waals surface area contributed by atoms with Crippen LogP contribution in [0.3, 0.4) is 0 Å². The van der Waals surface area contributed by atoms with Gasteiger partial charge < -0.3 is 4.98 Å². The monoisotopic (exact) mass is 845 g/mol. The molecule has 0 saturated carbocycles. The molecular weight excluding hydrogens is 808 g/mol. The number of aromatic nitrogens is 2. The second kappa shape index (κ2) is 13.8. The zero-order chi connectivity index (χ0) is 31.6. The molecule has 0 spiro atoms. The minimum atomic E-state index is -1.88. The molecule has 6 heteroatoms. The van der Waals surface area contributed by atoms with Gasteiger partial charge in [-0.25, -0.2) is 0 Å². The van der Waals surface area contributed by atoms with E-state index in [4.69, 9.17) is 4.42 Å². The van der Waals surface area contributed by atoms with Crippen molar-refractivity contribution in [3.05, 3.63) is 151 Å². The Bertz CT molecular complexity index is 2070. The number of fused-ring (bicyclic) bond motifs is 3. The number of furan rings is 1. The van der Waals surface area contributed by atoms with Crippen LogP contribution in [0, 0.1) is 17.9 Å². The van der Waals surface area contributed by atoms with E-state index in [1.165, 1.54) is 27.7 Å². The van der Waals surface area contributed by atoms with Crippen molar-refractivity contribution >= 4 is 39.6 Å². The van der Waals surface area contributed by atoms with Gasteiger partial charge in [0.1, 0.15) is 0 Å². The first-order valence-corrected chi connectivity index (χ1v) is 22.4. The Morgan fingerprint density at radius 2 is 1.50 bits per heavy atom. The summed E-state index contributed by atoms with van der Waals surface area (Å²) in [4.78, 5) is 9.12. The summed E-state index contributed by atoms with van der Waals surface area (Å²) in [5, 5.41) is 1.86. The van der Waals surface area contributed by atoms with Crippen molar-refractivity contribution < 1.29 is 28.9 Å². The summed E-state index contributed by atoms with van der Waals surface area (Å²) in [6.07, 6.45) is 3.86. The van der Waals surface area contributed by atoms with Gasteiger partial charge in [-0.1, -0.05) is 50.2 Å². The van der Waals surface area contributed by atoms with Crippen molar-refractivity contribution in [2.24, 2.45) is 0 Å². The molecule has 0 bridgehead atoms. The molecule has 0 amide bonds. The van der Waals surface area contributed by atoms with E-state index >= 15 is 0 Å². The Balaban J connectivity index is 0.000000179. The smallest absolute Gasteiger partial charge is 0 e. The Morgan fingerprint density at radius 3 is 2.20 bits per heavy atom. The number of nitrogens with zero attached hydrogens (tertiary/aromatic N) is 2. The molecule has 0 aliphatic rings. The van der Waals surface area contributed by atoms with Crippen LogP contribution in [0.4, 0.5) is 4.39 Å². The minimum absolute atomic E-state index is 0. The third-order valence-electron chi connectivity index (χ3n) is 8.24. The van der Waals surface area contributed by atoms with Crippen LogP contribution >= 0.6 is 0 Å². The topological polar surface area (TPSA) is 38.9 Å². The van der Waals surface area contributed by atoms with Crippen molar-refractivity contribution in [3.8, 4) is 22.5 Å². The van der Waals surface area contributed by atoms with Crippen LogP contribution in [0.2, 0.25) is 17.3 Å². The quantitative estimate of drug-likeness (QED) is 0.128. The predicted octanol–water partition coefficient (Wildman–Crippen LogP) is 10.0. The molecule has 4 aromatic carbocycles. The van der Waals surface area contributed by atoms with Gasteiger partial charge in [-0.2, -0.15) is 0 Å². The summed E-state index contributed by atoms with van der Waals surface area (Å²) < 4.78 is 20.7. The summed E-state index contributed by atoms with van der Waals surface area (Å²) >= 11 is -1.88. The van der Waals surface area contributed by atoms with Crippen LogP contribution in [0.5, 0.6) is 0 Å². The van der Waals surface area contributed by atoms with Crippen molar-refractivity contribution in [1.82, 2.24) is 9.97 Å². The number of hydrogen-bond acceptors (Lipinski definition) is 3. The first kappa shape index (κ1) is 33.5. The van der Waals surface area contributed by atoms with E-state index in [-0.39, 0.29) is 31.3 Å². The molecule has 3 aromatic heterocycles. The van der Waals surface area contributed by atoms with Crippen LogP contribution in [0.1, 0.15) is 25.0 Å². The number of halogens is 1. The molecule has 0 saturated heterocycles. The molecule has 0 aliphatic heterocycles. The molecule has 1 radical (unpaired) electrons. The van der Waals surface area contributed by atoms with Crippen molar-refractivity contribution in [1.29, 1.82) is 0 Å². The molecule has 0 unspecified atom stereocenters. The fraction of sp³-hybridized carbons (Fsp3) is 0.150. The van der Waals surface area contributed by atoms with Crippen molar-refractivity contribution in [2.45, 2.75) is 36.5 Å². The Morgan fingerprint density at radius 1 is 0.717 bits per heavy atom. The normalized spacial score (nSPS) is 11.5. The van der Waals surface area contributed by atoms with Gasteiger partial charge in [0.05, 0.1) is 0 Å². The molecule has 46 heavy (non-hydrogen) atoms. The van der Waals surface area contributed by atoms with Gasteiger partial charge in [0.15, 0.2) is 0 Å². The first-order valence-electron chi connectivity index (χ1n) is 15.1. The van der Waals surface area contributed by atoms with Crippen LogP contribution < -0.4 is 4.40 Å². The number of benzene rings is 4. The third kappa shape index (κ3) is 7.07. The molecule has 7 aromatic rings. The average Bonchev–Trinajstić information content (AvgIpc) is 3.43. The Kier molecular flexibility index (Phi) is 10.1. The van der Waals surface area contributed by atoms with E-state index < -0.39 is 13.3 Å². The fourth-order valence-corrected chi connectivity index (χ4v) is 7.60. The van der Waals surface area contributed by atoms with Gasteiger partial charge in [-0.05, 0) is 22.9 Å². The summed E-state index contributed by atoms with van der Waals surface area (Å²) in [5.74, 6) is 6.73. The van der Waals surface area contributed by atoms with Gasteiger partial charge in [0.2, 0.25) is 0 Å². The Hall–Kier alpha value is -3.90. The predicted molar refractivity (Wildman–Crippen MR) is 186 cm³/mol. The van der Waals surface area contributed by atoms with Gasteiger partial charge in [-0.15, -0.1) is 35.9 Å². The molecule has 3 heterocycles. The molecule has 0 fully saturated rings. The number of pyridine rings is 2. The second-order valence-electron chi connectivity index (χ2n) is 12.7. The maximum Gasteiger partial charge on any atom is 0 e. The number of rotatable bonds is 5. The summed E-state index contributed by atoms with van der Waals surface area (Å²) in [6, 6.07) is 41.9. The van der Waals surface area contributed by atoms with Crippen LogP contribution in [-0.4, -0.2) is 23.2 Å². The summed E-state index contributed by atoms with van der Waals surface area (Å²) in [7, 11) is 0. The summed E-state index contributed by atoms with van der Waals surface area (Å²) in [6.45, 7) is 4.49. The molecule has 0 aliphatic carbocycles. The van der Waals surface area contributed by atoms with Gasteiger partial charge in [0.25, 0.3) is 0 Å². The maximum atomic E-state index is 13.5. The molecular formula is C40H35FGeIrN2O-2. The van der Waals surface area contributed by atoms with Crippen LogP contribution in [0.25, 0.3) is 44.5 Å². The largest absolute Gasteiger partial charge is 0 e. The first-order chi connectivity index (χ1) is 21.6. The maximum absolute atomic E-state index is 13.5. The average molecular weight is 844 g/mol. The molecule has 3 nitrogen and oxygen atoms in total. The van der Waals surface area contributed by atoms with Gasteiger partial charge in [-0.3, -0.25) is 0 Å². The van der Waals surface area contributed by atoms with E-state index in [0.29, 0.717) is 11.2 Å². The van der Waals surface area contributed by atoms with E-state index in [9.17, 15) is 4.39 Å². The van der Waals surface area contributed by atoms with Crippen molar-refractivity contribution in [3.63, 3.8) is 0 Å². The third-order valence-corrected chi connectivity index (χ3v) is 12.5. The fourth-order valence-electron chi connectivity index (χ4n) is 5.43. The standard InChI is InChI=1S/C20H17FGeNO.C20H18N.Ir/c1-22(2,3)14-8-10-18(23-12-14)17-6-4-5-16-15-9-7-13(21)11-19(15)24-20(16)17;1-20(2,17-11-7-4-8-12-17)18-13-14-21-19(15-18)16-9-5-3-6-10-16;/h4-5,7-12H,1-3H3;3-9,11-15H,1-2H3;/q2*-1;. The van der Waals surface area contributed by atoms with Crippen molar-refractivity contribution in [2.75, 3.05) is 0 Å². The minimum Gasteiger partial charge on any atom is 0 e. The molecule has 233 valence electrons. The van der Waals surface area contributed by atoms with Gasteiger partial charge in [0, 0.05) is 31.7 Å². The molecule has 0 N–H and O–H groups in total. The van der Waals surface area contributed by atoms with Gasteiger partial charge >= 0.3 is 142 Å². The molecule has 7 rings (SSSR count). The van der Waals surface area contributed by atoms with Crippen LogP contribution in [0.15, 0.2) is 126 Å². The van der Waals surface area contributed by atoms with E-state index in [2.05, 4.69) is 102 Å². The van der Waals surface area contributed by atoms with E-state index in [1.807, 2.05) is 54.9 Å². The zero-order valence-electron chi connectivity index (χ0n) is 26.6. The second-order valence-corrected chi connectivity index (χ2v) is 23.4. The van der Waals surface area contributed by atoms with Crippen LogP contribution in [-0.2, 0) is 25.5 Å². The zero-order valence-corrected chi connectivity index (χ0v) is 31.1. The van der Waals surface area contributed by atoms with E-state index in [1.54, 1.807) is 6.07 Å². The SMILES string of the molecule is CC(C)(c1ccccc1)c1ccnc(-c2[c-]cccc2)c1.[CH3][Ge]([CH3])([CH3])[c]1ccc(-c2[c-]ccc3c2oc2cc(F)ccc23)nc1.[Ir].